The summed E-state index contributed by atoms with van der Waals surface area (Å²) in [4.78, 5) is 48.7. The zero-order valence-electron chi connectivity index (χ0n) is 20.3. The number of pyridine rings is 1. The van der Waals surface area contributed by atoms with E-state index in [9.17, 15) is 27.6 Å². The molecule has 0 saturated heterocycles. The Hall–Kier alpha value is -4.93. The van der Waals surface area contributed by atoms with E-state index in [2.05, 4.69) is 20.1 Å². The van der Waals surface area contributed by atoms with Crippen molar-refractivity contribution in [1.29, 1.82) is 0 Å². The van der Waals surface area contributed by atoms with Gasteiger partial charge in [-0.25, -0.2) is 4.79 Å². The summed E-state index contributed by atoms with van der Waals surface area (Å²) >= 11 is 0. The Labute approximate surface area is 220 Å². The fourth-order valence-corrected chi connectivity index (χ4v) is 4.18. The summed E-state index contributed by atoms with van der Waals surface area (Å²) < 4.78 is 38.6. The maximum atomic E-state index is 13.1. The lowest BCUT2D eigenvalue weighted by molar-refractivity contribution is -0.230. The maximum absolute atomic E-state index is 13.1. The van der Waals surface area contributed by atoms with Gasteiger partial charge in [-0.05, 0) is 35.9 Å². The van der Waals surface area contributed by atoms with Gasteiger partial charge in [-0.15, -0.1) is 0 Å². The van der Waals surface area contributed by atoms with E-state index in [1.165, 1.54) is 12.1 Å². The molecule has 0 saturated carbocycles. The van der Waals surface area contributed by atoms with Crippen LogP contribution in [-0.2, 0) is 22.6 Å². The largest absolute Gasteiger partial charge is 0.493 e. The van der Waals surface area contributed by atoms with Gasteiger partial charge in [0.2, 0.25) is 0 Å². The van der Waals surface area contributed by atoms with Crippen LogP contribution >= 0.6 is 0 Å². The van der Waals surface area contributed by atoms with Crippen molar-refractivity contribution in [2.24, 2.45) is 0 Å². The van der Waals surface area contributed by atoms with E-state index in [4.69, 9.17) is 0 Å². The molecule has 2 amide bonds. The lowest BCUT2D eigenvalue weighted by atomic mass is 10.0. The average Bonchev–Trinajstić information content (AvgIpc) is 3.38. The highest BCUT2D eigenvalue weighted by molar-refractivity contribution is 5.98. The highest BCUT2D eigenvalue weighted by Crippen LogP contribution is 2.28. The van der Waals surface area contributed by atoms with E-state index < -0.39 is 18.1 Å². The molecule has 0 atom stereocenters. The average molecular weight is 534 g/mol. The standard InChI is InChI=1S/C28H21F3N4O4/c29-28(30,31)27(38)39-35(16-17-4-2-1-3-5-17)26(37)19-8-6-18(7-9-19)23-14-20(10-12-32-23)24-15-21-22(34-24)11-13-33-25(21)36/h1-10,12,14-15,34H,11,13,16H2,(H,33,36). The number of hydroxylamine groups is 2. The molecule has 198 valence electrons. The van der Waals surface area contributed by atoms with Crippen LogP contribution in [0, 0.1) is 0 Å². The molecule has 1 aliphatic rings. The number of aromatic amines is 1. The first-order valence-corrected chi connectivity index (χ1v) is 11.9. The summed E-state index contributed by atoms with van der Waals surface area (Å²) in [6.07, 6.45) is -2.95. The van der Waals surface area contributed by atoms with Crippen molar-refractivity contribution in [2.45, 2.75) is 19.1 Å². The molecule has 2 aromatic heterocycles. The number of rotatable bonds is 5. The normalized spacial score (nSPS) is 12.8. The van der Waals surface area contributed by atoms with Crippen molar-refractivity contribution in [2.75, 3.05) is 6.54 Å². The molecule has 8 nitrogen and oxygen atoms in total. The van der Waals surface area contributed by atoms with Crippen molar-refractivity contribution in [1.82, 2.24) is 20.3 Å². The second kappa shape index (κ2) is 10.4. The molecule has 0 bridgehead atoms. The number of aromatic nitrogens is 2. The van der Waals surface area contributed by atoms with Crippen LogP contribution in [0.5, 0.6) is 0 Å². The van der Waals surface area contributed by atoms with Gasteiger partial charge in [0.25, 0.3) is 11.8 Å². The molecule has 4 aromatic rings. The predicted octanol–water partition coefficient (Wildman–Crippen LogP) is 4.69. The molecule has 0 aliphatic carbocycles. The minimum atomic E-state index is -5.27. The summed E-state index contributed by atoms with van der Waals surface area (Å²) in [6.45, 7) is 0.196. The molecule has 3 heterocycles. The first-order chi connectivity index (χ1) is 18.7. The van der Waals surface area contributed by atoms with Crippen LogP contribution in [-0.4, -0.2) is 45.5 Å². The molecule has 0 fully saturated rings. The van der Waals surface area contributed by atoms with Crippen LogP contribution in [0.15, 0.2) is 79.0 Å². The fourth-order valence-electron chi connectivity index (χ4n) is 4.18. The lowest BCUT2D eigenvalue weighted by Crippen LogP contribution is -2.38. The molecule has 2 N–H and O–H groups in total. The summed E-state index contributed by atoms with van der Waals surface area (Å²) in [5.74, 6) is -3.54. The fraction of sp³-hybridized carbons (Fsp3) is 0.143. The minimum Gasteiger partial charge on any atom is -0.358 e. The SMILES string of the molecule is O=C1NCCc2[nH]c(-c3ccnc(-c4ccc(C(=O)N(Cc5ccccc5)OC(=O)C(F)(F)F)cc4)c3)cc21. The molecular weight excluding hydrogens is 513 g/mol. The van der Waals surface area contributed by atoms with E-state index >= 15 is 0 Å². The molecule has 0 unspecified atom stereocenters. The number of carbonyl (C=O) groups is 3. The third kappa shape index (κ3) is 5.66. The number of fused-ring (bicyclic) bond motifs is 1. The van der Waals surface area contributed by atoms with Crippen LogP contribution < -0.4 is 5.32 Å². The van der Waals surface area contributed by atoms with Gasteiger partial charge in [0.1, 0.15) is 0 Å². The number of amides is 2. The number of nitrogens with one attached hydrogen (secondary N) is 2. The van der Waals surface area contributed by atoms with Gasteiger partial charge in [0, 0.05) is 47.2 Å². The first kappa shape index (κ1) is 25.7. The maximum Gasteiger partial charge on any atom is 0.493 e. The number of nitrogens with zero attached hydrogens (tertiary/aromatic N) is 2. The highest BCUT2D eigenvalue weighted by Gasteiger charge is 2.43. The zero-order chi connectivity index (χ0) is 27.6. The van der Waals surface area contributed by atoms with Gasteiger partial charge in [0.05, 0.1) is 17.8 Å². The number of halogens is 3. The van der Waals surface area contributed by atoms with Gasteiger partial charge in [-0.3, -0.25) is 14.6 Å². The van der Waals surface area contributed by atoms with Gasteiger partial charge in [0.15, 0.2) is 0 Å². The Morgan fingerprint density at radius 1 is 0.974 bits per heavy atom. The molecule has 11 heteroatoms. The Morgan fingerprint density at radius 2 is 1.72 bits per heavy atom. The molecule has 0 spiro atoms. The lowest BCUT2D eigenvalue weighted by Gasteiger charge is -2.22. The summed E-state index contributed by atoms with van der Waals surface area (Å²) in [7, 11) is 0. The van der Waals surface area contributed by atoms with Gasteiger partial charge >= 0.3 is 12.1 Å². The van der Waals surface area contributed by atoms with Crippen LogP contribution in [0.1, 0.15) is 32.0 Å². The number of hydrogen-bond donors (Lipinski definition) is 2. The summed E-state index contributed by atoms with van der Waals surface area (Å²) in [6, 6.07) is 19.6. The van der Waals surface area contributed by atoms with E-state index in [-0.39, 0.29) is 18.0 Å². The monoisotopic (exact) mass is 534 g/mol. The van der Waals surface area contributed by atoms with Gasteiger partial charge in [-0.1, -0.05) is 42.5 Å². The van der Waals surface area contributed by atoms with E-state index in [0.29, 0.717) is 40.4 Å². The summed E-state index contributed by atoms with van der Waals surface area (Å²) in [5.41, 5.74) is 4.74. The van der Waals surface area contributed by atoms with Crippen LogP contribution in [0.3, 0.4) is 0 Å². The number of hydrogen-bond acceptors (Lipinski definition) is 5. The number of H-pyrrole nitrogens is 1. The summed E-state index contributed by atoms with van der Waals surface area (Å²) in [5, 5.41) is 3.20. The van der Waals surface area contributed by atoms with Crippen LogP contribution in [0.4, 0.5) is 13.2 Å². The minimum absolute atomic E-state index is 0.0175. The number of alkyl halides is 3. The third-order valence-corrected chi connectivity index (χ3v) is 6.12. The van der Waals surface area contributed by atoms with Crippen molar-refractivity contribution < 1.29 is 32.4 Å². The number of carbonyl (C=O) groups excluding carboxylic acids is 3. The van der Waals surface area contributed by atoms with Crippen molar-refractivity contribution in [3.8, 4) is 22.5 Å². The van der Waals surface area contributed by atoms with Crippen LogP contribution in [0.2, 0.25) is 0 Å². The zero-order valence-corrected chi connectivity index (χ0v) is 20.3. The quantitative estimate of drug-likeness (QED) is 0.362. The highest BCUT2D eigenvalue weighted by atomic mass is 19.4. The topological polar surface area (TPSA) is 104 Å². The Bertz CT molecular complexity index is 1530. The van der Waals surface area contributed by atoms with E-state index in [1.54, 1.807) is 60.8 Å². The molecule has 5 rings (SSSR count). The van der Waals surface area contributed by atoms with Crippen molar-refractivity contribution in [3.63, 3.8) is 0 Å². The predicted molar refractivity (Wildman–Crippen MR) is 134 cm³/mol. The third-order valence-electron chi connectivity index (χ3n) is 6.12. The van der Waals surface area contributed by atoms with Gasteiger partial charge < -0.3 is 15.1 Å². The first-order valence-electron chi connectivity index (χ1n) is 11.9. The molecule has 39 heavy (non-hydrogen) atoms. The van der Waals surface area contributed by atoms with Crippen molar-refractivity contribution >= 4 is 17.8 Å². The second-order valence-electron chi connectivity index (χ2n) is 8.79. The second-order valence-corrected chi connectivity index (χ2v) is 8.79. The molecule has 2 aromatic carbocycles. The van der Waals surface area contributed by atoms with E-state index in [1.807, 2.05) is 6.07 Å². The van der Waals surface area contributed by atoms with E-state index in [0.717, 1.165) is 17.0 Å². The smallest absolute Gasteiger partial charge is 0.358 e. The number of benzene rings is 2. The molecule has 1 aliphatic heterocycles. The van der Waals surface area contributed by atoms with Crippen molar-refractivity contribution in [3.05, 3.63) is 101 Å². The Morgan fingerprint density at radius 3 is 2.41 bits per heavy atom. The molecular formula is C28H21F3N4O4. The van der Waals surface area contributed by atoms with Crippen LogP contribution in [0.25, 0.3) is 22.5 Å². The molecule has 0 radical (unpaired) electrons. The van der Waals surface area contributed by atoms with Gasteiger partial charge in [-0.2, -0.15) is 18.2 Å². The Kier molecular flexibility index (Phi) is 6.88. The Balaban J connectivity index is 1.38.